The zero-order valence-electron chi connectivity index (χ0n) is 20.1. The van der Waals surface area contributed by atoms with Gasteiger partial charge in [0.1, 0.15) is 18.5 Å². The largest absolute Gasteiger partial charge is 0.459 e. The molecule has 3 spiro atoms. The molecule has 5 aliphatic carbocycles. The maximum atomic E-state index is 12.6. The van der Waals surface area contributed by atoms with Crippen molar-refractivity contribution in [2.45, 2.75) is 81.2 Å². The molecule has 5 saturated carbocycles. The first-order valence-corrected chi connectivity index (χ1v) is 12.4. The van der Waals surface area contributed by atoms with Crippen LogP contribution in [0.5, 0.6) is 0 Å². The van der Waals surface area contributed by atoms with Crippen LogP contribution in [0.1, 0.15) is 39.5 Å². The predicted molar refractivity (Wildman–Crippen MR) is 116 cm³/mol. The van der Waals surface area contributed by atoms with Gasteiger partial charge in [-0.1, -0.05) is 6.92 Å². The predicted octanol–water partition coefficient (Wildman–Crippen LogP) is 1.98. The zero-order valence-corrected chi connectivity index (χ0v) is 20.1. The van der Waals surface area contributed by atoms with E-state index in [1.807, 2.05) is 14.2 Å². The smallest absolute Gasteiger partial charge is 0.303 e. The molecule has 0 radical (unpaired) electrons. The lowest BCUT2D eigenvalue weighted by molar-refractivity contribution is -0.246. The molecule has 8 heteroatoms. The van der Waals surface area contributed by atoms with Crippen molar-refractivity contribution in [2.75, 3.05) is 28.1 Å². The number of fused-ring (bicyclic) bond motifs is 1. The van der Waals surface area contributed by atoms with E-state index in [9.17, 15) is 4.79 Å². The molecule has 0 amide bonds. The maximum absolute atomic E-state index is 12.6. The summed E-state index contributed by atoms with van der Waals surface area (Å²) in [4.78, 5) is 17.9. The second-order valence-corrected chi connectivity index (χ2v) is 11.8. The lowest BCUT2D eigenvalue weighted by atomic mass is 9.44. The van der Waals surface area contributed by atoms with Gasteiger partial charge >= 0.3 is 5.97 Å². The number of ether oxygens (including phenoxy) is 6. The van der Waals surface area contributed by atoms with Gasteiger partial charge in [-0.25, -0.2) is 0 Å². The SMILES string of the molecule is CO[C@H]1[C@@H]2C[C@@H]3[C@H]1[C@@]1(C[C@@H]2OC)OCO[C@@]12[C@@H](OC(C)=O)[C@H]1[C@@]34[C@@H](OC)CC[C@@]1(C)C=N[C@@H]42. The Hall–Kier alpha value is -1.06. The fraction of sp³-hybridized carbons (Fsp3) is 0.920. The topological polar surface area (TPSA) is 84.8 Å². The molecule has 0 N–H and O–H groups in total. The van der Waals surface area contributed by atoms with Crippen LogP contribution in [0.2, 0.25) is 0 Å². The minimum absolute atomic E-state index is 0.00146. The van der Waals surface area contributed by atoms with Crippen LogP contribution in [-0.4, -0.2) is 82.0 Å². The van der Waals surface area contributed by atoms with Gasteiger partial charge in [0.2, 0.25) is 0 Å². The number of carbonyl (C=O) groups excluding carboxylic acids is 1. The Morgan fingerprint density at radius 1 is 1.15 bits per heavy atom. The Kier molecular flexibility index (Phi) is 4.11. The Bertz CT molecular complexity index is 926. The van der Waals surface area contributed by atoms with Crippen LogP contribution < -0.4 is 0 Å². The van der Waals surface area contributed by atoms with Gasteiger partial charge in [0.25, 0.3) is 0 Å². The first-order valence-electron chi connectivity index (χ1n) is 12.4. The highest BCUT2D eigenvalue weighted by Crippen LogP contribution is 2.81. The van der Waals surface area contributed by atoms with Crippen molar-refractivity contribution >= 4 is 12.2 Å². The normalized spacial score (nSPS) is 61.2. The van der Waals surface area contributed by atoms with Crippen molar-refractivity contribution in [3.63, 3.8) is 0 Å². The van der Waals surface area contributed by atoms with E-state index < -0.39 is 17.3 Å². The van der Waals surface area contributed by atoms with E-state index in [1.54, 1.807) is 7.11 Å². The number of nitrogens with zero attached hydrogens (tertiary/aromatic N) is 1. The van der Waals surface area contributed by atoms with Crippen molar-refractivity contribution < 1.29 is 33.2 Å². The summed E-state index contributed by atoms with van der Waals surface area (Å²) in [7, 11) is 5.42. The van der Waals surface area contributed by atoms with Crippen LogP contribution in [0, 0.1) is 34.5 Å². The van der Waals surface area contributed by atoms with E-state index in [-0.39, 0.29) is 71.6 Å². The van der Waals surface area contributed by atoms with Crippen molar-refractivity contribution in [1.29, 1.82) is 0 Å². The third kappa shape index (κ3) is 1.96. The van der Waals surface area contributed by atoms with Gasteiger partial charge in [-0.3, -0.25) is 9.79 Å². The van der Waals surface area contributed by atoms with E-state index in [0.29, 0.717) is 6.42 Å². The third-order valence-electron chi connectivity index (χ3n) is 11.2. The Morgan fingerprint density at radius 2 is 1.97 bits per heavy atom. The molecule has 2 aliphatic heterocycles. The average molecular weight is 462 g/mol. The van der Waals surface area contributed by atoms with Crippen LogP contribution in [0.4, 0.5) is 0 Å². The molecule has 1 saturated heterocycles. The number of aliphatic imine (C=N–C) groups is 1. The summed E-state index contributed by atoms with van der Waals surface area (Å²) in [5, 5.41) is 0. The first kappa shape index (κ1) is 21.2. The fourth-order valence-corrected chi connectivity index (χ4v) is 10.7. The van der Waals surface area contributed by atoms with Crippen molar-refractivity contribution in [1.82, 2.24) is 0 Å². The van der Waals surface area contributed by atoms with E-state index >= 15 is 0 Å². The lowest BCUT2D eigenvalue weighted by Gasteiger charge is -2.64. The summed E-state index contributed by atoms with van der Waals surface area (Å²) in [6.45, 7) is 3.96. The molecule has 6 fully saturated rings. The Balaban J connectivity index is 1.56. The summed E-state index contributed by atoms with van der Waals surface area (Å²) >= 11 is 0. The molecule has 0 aromatic heterocycles. The quantitative estimate of drug-likeness (QED) is 0.592. The van der Waals surface area contributed by atoms with Crippen molar-refractivity contribution in [3.05, 3.63) is 0 Å². The summed E-state index contributed by atoms with van der Waals surface area (Å²) in [6.07, 6.45) is 5.29. The van der Waals surface area contributed by atoms with Gasteiger partial charge in [-0.15, -0.1) is 0 Å². The Labute approximate surface area is 194 Å². The molecule has 0 unspecified atom stereocenters. The number of hydrogen-bond donors (Lipinski definition) is 0. The monoisotopic (exact) mass is 461 g/mol. The second-order valence-electron chi connectivity index (χ2n) is 11.8. The van der Waals surface area contributed by atoms with Crippen LogP contribution in [0.3, 0.4) is 0 Å². The molecule has 7 aliphatic rings. The molecular formula is C25H35NO7. The van der Waals surface area contributed by atoms with Gasteiger partial charge in [0.05, 0.1) is 24.4 Å². The molecule has 7 rings (SSSR count). The number of esters is 1. The molecule has 7 bridgehead atoms. The highest BCUT2D eigenvalue weighted by molar-refractivity contribution is 5.72. The van der Waals surface area contributed by atoms with Gasteiger partial charge in [0.15, 0.2) is 5.60 Å². The second kappa shape index (κ2) is 6.38. The van der Waals surface area contributed by atoms with Crippen LogP contribution in [0.25, 0.3) is 0 Å². The van der Waals surface area contributed by atoms with Gasteiger partial charge in [-0.05, 0) is 25.2 Å². The minimum atomic E-state index is -0.872. The molecule has 182 valence electrons. The van der Waals surface area contributed by atoms with E-state index in [2.05, 4.69) is 13.1 Å². The van der Waals surface area contributed by atoms with Crippen LogP contribution in [0.15, 0.2) is 4.99 Å². The molecule has 13 atom stereocenters. The van der Waals surface area contributed by atoms with Gasteiger partial charge in [0, 0.05) is 69.5 Å². The summed E-state index contributed by atoms with van der Waals surface area (Å²) in [6, 6.07) is -0.187. The van der Waals surface area contributed by atoms with Crippen LogP contribution >= 0.6 is 0 Å². The lowest BCUT2D eigenvalue weighted by Crippen LogP contribution is -2.76. The summed E-state index contributed by atoms with van der Waals surface area (Å²) in [5.41, 5.74) is -2.04. The van der Waals surface area contributed by atoms with E-state index in [1.165, 1.54) is 6.92 Å². The summed E-state index contributed by atoms with van der Waals surface area (Å²) in [5.74, 6) is 0.449. The van der Waals surface area contributed by atoms with Crippen molar-refractivity contribution in [2.24, 2.45) is 39.5 Å². The van der Waals surface area contributed by atoms with Gasteiger partial charge < -0.3 is 28.4 Å². The Morgan fingerprint density at radius 3 is 2.67 bits per heavy atom. The molecule has 8 nitrogen and oxygen atoms in total. The van der Waals surface area contributed by atoms with Crippen molar-refractivity contribution in [3.8, 4) is 0 Å². The summed E-state index contributed by atoms with van der Waals surface area (Å²) < 4.78 is 38.4. The maximum Gasteiger partial charge on any atom is 0.303 e. The average Bonchev–Trinajstić information content (AvgIpc) is 3.36. The molecule has 2 heterocycles. The van der Waals surface area contributed by atoms with E-state index in [4.69, 9.17) is 33.4 Å². The first-order chi connectivity index (χ1) is 15.9. The number of carbonyl (C=O) groups is 1. The molecule has 0 aromatic rings. The highest BCUT2D eigenvalue weighted by Gasteiger charge is 2.93. The number of rotatable bonds is 4. The standard InChI is InChI=1S/C25H35NO7/c1-12(27)33-20-19-22(2)7-6-16(29-4)24(19)14-8-13-15(28-3)9-23(17(14)18(13)30-5)25(20,32-11-31-23)21(24)26-10-22/h10,13-21H,6-9,11H2,1-5H3/t13-,14-,15+,16+,17-,18+,19-,20+,21+,22+,23-,24+,25-/m1/s1. The van der Waals surface area contributed by atoms with E-state index in [0.717, 1.165) is 19.3 Å². The number of hydrogen-bond acceptors (Lipinski definition) is 8. The third-order valence-corrected chi connectivity index (χ3v) is 11.2. The van der Waals surface area contributed by atoms with Crippen LogP contribution in [-0.2, 0) is 33.2 Å². The van der Waals surface area contributed by atoms with Gasteiger partial charge in [-0.2, -0.15) is 0 Å². The zero-order chi connectivity index (χ0) is 23.0. The molecule has 0 aromatic carbocycles. The molecular weight excluding hydrogens is 426 g/mol. The fourth-order valence-electron chi connectivity index (χ4n) is 10.7. The number of methoxy groups -OCH3 is 3. The minimum Gasteiger partial charge on any atom is -0.459 e. The highest BCUT2D eigenvalue weighted by atomic mass is 16.7. The molecule has 33 heavy (non-hydrogen) atoms.